The molecule has 0 aliphatic carbocycles. The topological polar surface area (TPSA) is 101 Å². The number of hydrogen-bond acceptors (Lipinski definition) is 4. The molecule has 0 saturated heterocycles. The Morgan fingerprint density at radius 3 is 2.40 bits per heavy atom. The third-order valence-electron chi connectivity index (χ3n) is 5.59. The van der Waals surface area contributed by atoms with E-state index in [-0.39, 0.29) is 17.2 Å². The summed E-state index contributed by atoms with van der Waals surface area (Å²) in [6.07, 6.45) is -4.59. The fraction of sp³-hybridized carbons (Fsp3) is 0.0400. The molecular formula is C25H17F3N6O. The quantitative estimate of drug-likeness (QED) is 0.337. The van der Waals surface area contributed by atoms with Crippen molar-refractivity contribution < 1.29 is 18.0 Å². The van der Waals surface area contributed by atoms with E-state index in [1.165, 1.54) is 12.1 Å². The number of anilines is 2. The van der Waals surface area contributed by atoms with Gasteiger partial charge in [0.05, 0.1) is 16.9 Å². The number of hydrogen-bond donors (Lipinski definition) is 2. The molecule has 1 aromatic heterocycles. The van der Waals surface area contributed by atoms with Gasteiger partial charge >= 0.3 is 12.2 Å². The largest absolute Gasteiger partial charge is 0.416 e. The second-order valence-electron chi connectivity index (χ2n) is 7.73. The Morgan fingerprint density at radius 2 is 1.66 bits per heavy atom. The van der Waals surface area contributed by atoms with Crippen LogP contribution in [-0.2, 0) is 6.18 Å². The molecule has 5 rings (SSSR count). The van der Waals surface area contributed by atoms with E-state index in [0.29, 0.717) is 5.56 Å². The predicted molar refractivity (Wildman–Crippen MR) is 126 cm³/mol. The number of halogens is 3. The average molecular weight is 474 g/mol. The van der Waals surface area contributed by atoms with Crippen LogP contribution in [0.25, 0.3) is 33.3 Å². The third-order valence-corrected chi connectivity index (χ3v) is 5.59. The number of nitrogens with two attached hydrogens (primary N) is 1. The van der Waals surface area contributed by atoms with E-state index in [0.717, 1.165) is 38.9 Å². The van der Waals surface area contributed by atoms with Crippen LogP contribution in [0, 0.1) is 0 Å². The van der Waals surface area contributed by atoms with Crippen molar-refractivity contribution >= 4 is 28.2 Å². The van der Waals surface area contributed by atoms with Crippen LogP contribution in [0.5, 0.6) is 0 Å². The van der Waals surface area contributed by atoms with E-state index in [9.17, 15) is 18.0 Å². The molecule has 10 heteroatoms. The lowest BCUT2D eigenvalue weighted by molar-refractivity contribution is -0.137. The molecule has 0 bridgehead atoms. The zero-order valence-corrected chi connectivity index (χ0v) is 18.0. The van der Waals surface area contributed by atoms with Crippen molar-refractivity contribution in [3.63, 3.8) is 0 Å². The first-order valence-electron chi connectivity index (χ1n) is 10.5. The molecule has 7 nitrogen and oxygen atoms in total. The number of urea groups is 1. The first-order valence-corrected chi connectivity index (χ1v) is 10.5. The standard InChI is InChI=1S/C25H17F3N6O/c26-25(27,28)17-7-4-8-18(14-17)34(24(29)35)22-12-11-16(13-21(22)23-30-32-33-31-23)20-10-3-6-15-5-1-2-9-19(15)20/h1-14H,(H2,29,35)(H,30,31,32,33). The van der Waals surface area contributed by atoms with E-state index in [2.05, 4.69) is 20.6 Å². The molecule has 5 aromatic rings. The summed E-state index contributed by atoms with van der Waals surface area (Å²) in [7, 11) is 0. The zero-order valence-electron chi connectivity index (χ0n) is 18.0. The lowest BCUT2D eigenvalue weighted by atomic mass is 9.96. The molecule has 0 aliphatic rings. The molecule has 4 aromatic carbocycles. The first kappa shape index (κ1) is 22.1. The van der Waals surface area contributed by atoms with Gasteiger partial charge in [0.1, 0.15) is 0 Å². The summed E-state index contributed by atoms with van der Waals surface area (Å²) in [5, 5.41) is 15.9. The van der Waals surface area contributed by atoms with Crippen molar-refractivity contribution in [2.45, 2.75) is 6.18 Å². The number of amides is 2. The minimum Gasteiger partial charge on any atom is -0.351 e. The Balaban J connectivity index is 1.71. The molecule has 0 fully saturated rings. The minimum atomic E-state index is -4.59. The van der Waals surface area contributed by atoms with Gasteiger partial charge in [-0.1, -0.05) is 54.6 Å². The van der Waals surface area contributed by atoms with Crippen molar-refractivity contribution in [2.24, 2.45) is 5.73 Å². The first-order chi connectivity index (χ1) is 16.8. The van der Waals surface area contributed by atoms with Crippen LogP contribution < -0.4 is 10.6 Å². The highest BCUT2D eigenvalue weighted by Crippen LogP contribution is 2.39. The van der Waals surface area contributed by atoms with Gasteiger partial charge in [0.25, 0.3) is 0 Å². The highest BCUT2D eigenvalue weighted by atomic mass is 19.4. The van der Waals surface area contributed by atoms with Gasteiger partial charge in [-0.3, -0.25) is 4.90 Å². The monoisotopic (exact) mass is 474 g/mol. The molecule has 0 radical (unpaired) electrons. The molecule has 0 unspecified atom stereocenters. The Bertz CT molecular complexity index is 1530. The second-order valence-corrected chi connectivity index (χ2v) is 7.73. The van der Waals surface area contributed by atoms with Crippen LogP contribution in [0.1, 0.15) is 5.56 Å². The number of alkyl halides is 3. The summed E-state index contributed by atoms with van der Waals surface area (Å²) in [5.74, 6) is 0.223. The molecule has 2 amide bonds. The molecule has 3 N–H and O–H groups in total. The smallest absolute Gasteiger partial charge is 0.351 e. The zero-order chi connectivity index (χ0) is 24.6. The lowest BCUT2D eigenvalue weighted by Crippen LogP contribution is -2.32. The Kier molecular flexibility index (Phi) is 5.40. The van der Waals surface area contributed by atoms with Crippen molar-refractivity contribution in [1.82, 2.24) is 20.6 Å². The molecule has 0 aliphatic heterocycles. The summed E-state index contributed by atoms with van der Waals surface area (Å²) in [4.78, 5) is 13.5. The molecule has 174 valence electrons. The highest BCUT2D eigenvalue weighted by molar-refractivity contribution is 6.03. The van der Waals surface area contributed by atoms with Gasteiger partial charge in [-0.2, -0.15) is 13.2 Å². The molecular weight excluding hydrogens is 457 g/mol. The second kappa shape index (κ2) is 8.56. The van der Waals surface area contributed by atoms with Gasteiger partial charge in [0, 0.05) is 5.56 Å². The van der Waals surface area contributed by atoms with Crippen molar-refractivity contribution in [2.75, 3.05) is 4.90 Å². The van der Waals surface area contributed by atoms with Gasteiger partial charge in [-0.15, -0.1) is 5.10 Å². The number of aromatic nitrogens is 4. The lowest BCUT2D eigenvalue weighted by Gasteiger charge is -2.24. The number of rotatable bonds is 4. The van der Waals surface area contributed by atoms with Gasteiger partial charge in [-0.05, 0) is 62.7 Å². The van der Waals surface area contributed by atoms with E-state index < -0.39 is 17.8 Å². The van der Waals surface area contributed by atoms with Crippen molar-refractivity contribution in [1.29, 1.82) is 0 Å². The van der Waals surface area contributed by atoms with Crippen LogP contribution in [0.2, 0.25) is 0 Å². The highest BCUT2D eigenvalue weighted by Gasteiger charge is 2.32. The number of aromatic amines is 1. The number of primary amides is 1. The van der Waals surface area contributed by atoms with Crippen LogP contribution in [0.4, 0.5) is 29.3 Å². The van der Waals surface area contributed by atoms with Crippen LogP contribution >= 0.6 is 0 Å². The number of carbonyl (C=O) groups is 1. The van der Waals surface area contributed by atoms with Gasteiger partial charge in [0.2, 0.25) is 0 Å². The molecule has 0 spiro atoms. The van der Waals surface area contributed by atoms with Crippen molar-refractivity contribution in [3.8, 4) is 22.5 Å². The Morgan fingerprint density at radius 1 is 0.886 bits per heavy atom. The Labute approximate surface area is 197 Å². The molecule has 35 heavy (non-hydrogen) atoms. The molecule has 0 saturated carbocycles. The molecule has 0 atom stereocenters. The fourth-order valence-electron chi connectivity index (χ4n) is 4.04. The molecule has 1 heterocycles. The number of nitrogens with one attached hydrogen (secondary N) is 1. The number of tetrazole rings is 1. The summed E-state index contributed by atoms with van der Waals surface area (Å²) in [5.41, 5.74) is 7.03. The number of H-pyrrole nitrogens is 1. The summed E-state index contributed by atoms with van der Waals surface area (Å²) in [6.45, 7) is 0. The average Bonchev–Trinajstić information content (AvgIpc) is 3.38. The van der Waals surface area contributed by atoms with Crippen LogP contribution in [-0.4, -0.2) is 26.7 Å². The van der Waals surface area contributed by atoms with Gasteiger partial charge in [-0.25, -0.2) is 9.89 Å². The maximum atomic E-state index is 13.3. The minimum absolute atomic E-state index is 0.0426. The third kappa shape index (κ3) is 4.17. The van der Waals surface area contributed by atoms with Crippen LogP contribution in [0.15, 0.2) is 84.9 Å². The number of carbonyl (C=O) groups excluding carboxylic acids is 1. The predicted octanol–water partition coefficient (Wildman–Crippen LogP) is 5.92. The number of fused-ring (bicyclic) bond motifs is 1. The van der Waals surface area contributed by atoms with Gasteiger partial charge < -0.3 is 5.73 Å². The maximum absolute atomic E-state index is 13.3. The summed E-state index contributed by atoms with van der Waals surface area (Å²) in [6, 6.07) is 22.3. The normalized spacial score (nSPS) is 11.5. The van der Waals surface area contributed by atoms with E-state index in [1.54, 1.807) is 18.2 Å². The van der Waals surface area contributed by atoms with Gasteiger partial charge in [0.15, 0.2) is 5.82 Å². The Hall–Kier alpha value is -4.73. The fourth-order valence-corrected chi connectivity index (χ4v) is 4.04. The maximum Gasteiger partial charge on any atom is 0.416 e. The van der Waals surface area contributed by atoms with E-state index in [1.807, 2.05) is 42.5 Å². The van der Waals surface area contributed by atoms with E-state index >= 15 is 0 Å². The number of nitrogens with zero attached hydrogens (tertiary/aromatic N) is 4. The number of benzene rings is 4. The van der Waals surface area contributed by atoms with E-state index in [4.69, 9.17) is 5.73 Å². The van der Waals surface area contributed by atoms with Crippen LogP contribution in [0.3, 0.4) is 0 Å². The summed E-state index contributed by atoms with van der Waals surface area (Å²) >= 11 is 0. The summed E-state index contributed by atoms with van der Waals surface area (Å²) < 4.78 is 40.0. The SMILES string of the molecule is NC(=O)N(c1cccc(C(F)(F)F)c1)c1ccc(-c2cccc3ccccc23)cc1-c1nnn[nH]1. The van der Waals surface area contributed by atoms with Crippen molar-refractivity contribution in [3.05, 3.63) is 90.5 Å².